The van der Waals surface area contributed by atoms with Gasteiger partial charge in [-0.15, -0.1) is 11.3 Å². The molecule has 2 aromatic carbocycles. The van der Waals surface area contributed by atoms with Crippen molar-refractivity contribution in [1.82, 2.24) is 0 Å². The van der Waals surface area contributed by atoms with E-state index in [2.05, 4.69) is 0 Å². The Bertz CT molecular complexity index is 1030. The third-order valence-corrected chi connectivity index (χ3v) is 4.74. The van der Waals surface area contributed by atoms with Gasteiger partial charge in [-0.1, -0.05) is 17.7 Å². The Balaban J connectivity index is 1.73. The van der Waals surface area contributed by atoms with Gasteiger partial charge in [0.05, 0.1) is 4.88 Å². The van der Waals surface area contributed by atoms with E-state index in [0.29, 0.717) is 16.3 Å². The lowest BCUT2D eigenvalue weighted by atomic mass is 10.2. The molecule has 0 radical (unpaired) electrons. The third kappa shape index (κ3) is 4.10. The Morgan fingerprint density at radius 3 is 2.29 bits per heavy atom. The Morgan fingerprint density at radius 1 is 1.00 bits per heavy atom. The molecule has 0 atom stereocenters. The molecule has 0 saturated carbocycles. The fourth-order valence-corrected chi connectivity index (χ4v) is 3.16. The predicted molar refractivity (Wildman–Crippen MR) is 94.3 cm³/mol. The average molecular weight is 434 g/mol. The van der Waals surface area contributed by atoms with Crippen molar-refractivity contribution in [2.45, 2.75) is 6.61 Å². The van der Waals surface area contributed by atoms with Crippen LogP contribution in [-0.4, -0.2) is 5.91 Å². The summed E-state index contributed by atoms with van der Waals surface area (Å²) in [7, 11) is 0. The molecule has 3 aromatic rings. The number of anilines is 1. The molecule has 1 aromatic heterocycles. The molecule has 0 unspecified atom stereocenters. The number of carbonyl (C=O) groups excluding carboxylic acids is 1. The normalized spacial score (nSPS) is 10.8. The summed E-state index contributed by atoms with van der Waals surface area (Å²) in [5.41, 5.74) is -0.848. The summed E-state index contributed by atoms with van der Waals surface area (Å²) in [5.74, 6) is -11.4. The molecule has 10 heteroatoms. The molecule has 0 aliphatic heterocycles. The van der Waals surface area contributed by atoms with Gasteiger partial charge in [0.15, 0.2) is 23.3 Å². The molecular weight excluding hydrogens is 425 g/mol. The van der Waals surface area contributed by atoms with Crippen LogP contribution < -0.4 is 10.1 Å². The molecule has 0 saturated heterocycles. The van der Waals surface area contributed by atoms with Crippen molar-refractivity contribution in [3.8, 4) is 5.75 Å². The van der Waals surface area contributed by atoms with E-state index >= 15 is 0 Å². The molecule has 0 spiro atoms. The number of amides is 1. The van der Waals surface area contributed by atoms with E-state index in [-0.39, 0.29) is 11.5 Å². The summed E-state index contributed by atoms with van der Waals surface area (Å²) < 4.78 is 72.3. The quantitative estimate of drug-likeness (QED) is 0.308. The minimum absolute atomic E-state index is 0.00589. The lowest BCUT2D eigenvalue weighted by Crippen LogP contribution is -2.16. The maximum absolute atomic E-state index is 13.7. The summed E-state index contributed by atoms with van der Waals surface area (Å²) in [6, 6.07) is 7.99. The van der Waals surface area contributed by atoms with Crippen LogP contribution >= 0.6 is 22.9 Å². The molecule has 0 aliphatic rings. The molecule has 1 N–H and O–H groups in total. The standard InChI is InChI=1S/C18H9ClF5NO2S/c19-9-2-1-3-10(5-9)27-6-8-4-11(28-7-8)18(26)25-17-15(23)13(21)12(20)14(22)16(17)24/h1-5,7H,6H2,(H,25,26). The molecule has 1 heterocycles. The van der Waals surface area contributed by atoms with Crippen molar-refractivity contribution in [3.63, 3.8) is 0 Å². The first kappa shape index (κ1) is 20.1. The maximum Gasteiger partial charge on any atom is 0.265 e. The molecule has 0 bridgehead atoms. The monoisotopic (exact) mass is 433 g/mol. The zero-order valence-electron chi connectivity index (χ0n) is 13.7. The molecule has 1 amide bonds. The first-order valence-electron chi connectivity index (χ1n) is 7.56. The summed E-state index contributed by atoms with van der Waals surface area (Å²) in [4.78, 5) is 12.1. The molecule has 146 valence electrons. The zero-order valence-corrected chi connectivity index (χ0v) is 15.2. The van der Waals surface area contributed by atoms with Crippen molar-refractivity contribution in [2.75, 3.05) is 5.32 Å². The zero-order chi connectivity index (χ0) is 20.4. The lowest BCUT2D eigenvalue weighted by Gasteiger charge is -2.09. The van der Waals surface area contributed by atoms with Crippen LogP contribution in [0.3, 0.4) is 0 Å². The highest BCUT2D eigenvalue weighted by molar-refractivity contribution is 7.12. The van der Waals surface area contributed by atoms with Crippen LogP contribution in [0.4, 0.5) is 27.6 Å². The highest BCUT2D eigenvalue weighted by Gasteiger charge is 2.27. The Kier molecular flexibility index (Phi) is 5.85. The number of benzene rings is 2. The topological polar surface area (TPSA) is 38.3 Å². The van der Waals surface area contributed by atoms with Crippen LogP contribution in [-0.2, 0) is 6.61 Å². The van der Waals surface area contributed by atoms with Crippen LogP contribution in [0.25, 0.3) is 0 Å². The van der Waals surface area contributed by atoms with Gasteiger partial charge < -0.3 is 10.1 Å². The van der Waals surface area contributed by atoms with Crippen LogP contribution in [0.5, 0.6) is 5.75 Å². The predicted octanol–water partition coefficient (Wildman–Crippen LogP) is 5.93. The number of nitrogens with one attached hydrogen (secondary N) is 1. The van der Waals surface area contributed by atoms with Gasteiger partial charge in [0.1, 0.15) is 18.0 Å². The highest BCUT2D eigenvalue weighted by atomic mass is 35.5. The molecule has 3 nitrogen and oxygen atoms in total. The molecular formula is C18H9ClF5NO2S. The third-order valence-electron chi connectivity index (χ3n) is 3.53. The largest absolute Gasteiger partial charge is 0.489 e. The lowest BCUT2D eigenvalue weighted by molar-refractivity contribution is 0.102. The van der Waals surface area contributed by atoms with E-state index in [1.165, 1.54) is 6.07 Å². The smallest absolute Gasteiger partial charge is 0.265 e. The van der Waals surface area contributed by atoms with Crippen LogP contribution in [0.15, 0.2) is 35.7 Å². The van der Waals surface area contributed by atoms with Gasteiger partial charge in [0.2, 0.25) is 5.82 Å². The van der Waals surface area contributed by atoms with Crippen molar-refractivity contribution >= 4 is 34.5 Å². The minimum atomic E-state index is -2.30. The van der Waals surface area contributed by atoms with Crippen molar-refractivity contribution in [1.29, 1.82) is 0 Å². The Labute approximate surface area is 164 Å². The van der Waals surface area contributed by atoms with Gasteiger partial charge in [0.25, 0.3) is 5.91 Å². The molecule has 0 aliphatic carbocycles. The van der Waals surface area contributed by atoms with E-state index in [1.807, 2.05) is 0 Å². The van der Waals surface area contributed by atoms with Gasteiger partial charge in [0, 0.05) is 10.6 Å². The van der Waals surface area contributed by atoms with Gasteiger partial charge in [-0.2, -0.15) is 0 Å². The van der Waals surface area contributed by atoms with Crippen molar-refractivity contribution < 1.29 is 31.5 Å². The fraction of sp³-hybridized carbons (Fsp3) is 0.0556. The van der Waals surface area contributed by atoms with E-state index < -0.39 is 40.7 Å². The summed E-state index contributed by atoms with van der Waals surface area (Å²) in [5, 5.41) is 3.75. The Morgan fingerprint density at radius 2 is 1.64 bits per heavy atom. The van der Waals surface area contributed by atoms with E-state index in [1.54, 1.807) is 35.0 Å². The number of hydrogen-bond acceptors (Lipinski definition) is 3. The number of hydrogen-bond donors (Lipinski definition) is 1. The second-order valence-electron chi connectivity index (χ2n) is 5.46. The number of rotatable bonds is 5. The van der Waals surface area contributed by atoms with Gasteiger partial charge in [-0.25, -0.2) is 22.0 Å². The first-order chi connectivity index (χ1) is 13.3. The second kappa shape index (κ2) is 8.15. The number of ether oxygens (including phenoxy) is 1. The molecule has 28 heavy (non-hydrogen) atoms. The van der Waals surface area contributed by atoms with Crippen LogP contribution in [0.1, 0.15) is 15.2 Å². The minimum Gasteiger partial charge on any atom is -0.489 e. The number of halogens is 6. The van der Waals surface area contributed by atoms with E-state index in [9.17, 15) is 26.7 Å². The summed E-state index contributed by atoms with van der Waals surface area (Å²) in [6.07, 6.45) is 0. The maximum atomic E-state index is 13.7. The Hall–Kier alpha value is -2.65. The molecule has 3 rings (SSSR count). The van der Waals surface area contributed by atoms with E-state index in [4.69, 9.17) is 16.3 Å². The highest BCUT2D eigenvalue weighted by Crippen LogP contribution is 2.28. The second-order valence-corrected chi connectivity index (χ2v) is 6.81. The van der Waals surface area contributed by atoms with Gasteiger partial charge in [-0.3, -0.25) is 4.79 Å². The summed E-state index contributed by atoms with van der Waals surface area (Å²) in [6.45, 7) is 0.0760. The van der Waals surface area contributed by atoms with Crippen molar-refractivity contribution in [2.24, 2.45) is 0 Å². The molecule has 0 fully saturated rings. The van der Waals surface area contributed by atoms with E-state index in [0.717, 1.165) is 11.3 Å². The van der Waals surface area contributed by atoms with Crippen LogP contribution in [0.2, 0.25) is 5.02 Å². The van der Waals surface area contributed by atoms with Crippen molar-refractivity contribution in [3.05, 3.63) is 80.3 Å². The average Bonchev–Trinajstić information content (AvgIpc) is 3.16. The summed E-state index contributed by atoms with van der Waals surface area (Å²) >= 11 is 6.75. The van der Waals surface area contributed by atoms with Gasteiger partial charge in [-0.05, 0) is 29.6 Å². The number of carbonyl (C=O) groups is 1. The first-order valence-corrected chi connectivity index (χ1v) is 8.82. The van der Waals surface area contributed by atoms with Gasteiger partial charge >= 0.3 is 0 Å². The SMILES string of the molecule is O=C(Nc1c(F)c(F)c(F)c(F)c1F)c1cc(COc2cccc(Cl)c2)cs1. The fourth-order valence-electron chi connectivity index (χ4n) is 2.18. The van der Waals surface area contributed by atoms with Crippen LogP contribution in [0, 0.1) is 29.1 Å². The number of thiophene rings is 1.